The summed E-state index contributed by atoms with van der Waals surface area (Å²) in [6.07, 6.45) is 0.169. The molecule has 0 radical (unpaired) electrons. The van der Waals surface area contributed by atoms with Gasteiger partial charge < -0.3 is 4.74 Å². The maximum absolute atomic E-state index is 5.84. The van der Waals surface area contributed by atoms with Crippen molar-refractivity contribution in [2.75, 3.05) is 0 Å². The number of ether oxygens (including phenoxy) is 1. The number of para-hydroxylation sites is 1. The van der Waals surface area contributed by atoms with Gasteiger partial charge in [-0.25, -0.2) is 4.98 Å². The first-order valence-electron chi connectivity index (χ1n) is 6.19. The Bertz CT molecular complexity index is 704. The molecule has 0 spiro atoms. The van der Waals surface area contributed by atoms with Crippen LogP contribution in [0.2, 0.25) is 0 Å². The number of pyridine rings is 1. The van der Waals surface area contributed by atoms with Crippen LogP contribution in [0.1, 0.15) is 13.8 Å². The van der Waals surface area contributed by atoms with E-state index >= 15 is 0 Å². The third-order valence-electron chi connectivity index (χ3n) is 2.88. The summed E-state index contributed by atoms with van der Waals surface area (Å²) in [5, 5.41) is 2.22. The van der Waals surface area contributed by atoms with Crippen molar-refractivity contribution in [3.8, 4) is 5.75 Å². The molecule has 0 atom stereocenters. The number of aromatic nitrogens is 1. The van der Waals surface area contributed by atoms with Crippen molar-refractivity contribution in [2.45, 2.75) is 20.0 Å². The van der Waals surface area contributed by atoms with Gasteiger partial charge in [0, 0.05) is 10.8 Å². The van der Waals surface area contributed by atoms with Gasteiger partial charge in [0.15, 0.2) is 0 Å². The summed E-state index contributed by atoms with van der Waals surface area (Å²) in [7, 11) is 0. The fraction of sp³-hybridized carbons (Fsp3) is 0.188. The highest BCUT2D eigenvalue weighted by atomic mass is 16.5. The molecule has 0 saturated carbocycles. The SMILES string of the molecule is CC(C)Oc1cccc2nc3ccccc3cc12. The minimum Gasteiger partial charge on any atom is -0.490 e. The van der Waals surface area contributed by atoms with Crippen molar-refractivity contribution in [2.24, 2.45) is 0 Å². The summed E-state index contributed by atoms with van der Waals surface area (Å²) in [6, 6.07) is 16.3. The highest BCUT2D eigenvalue weighted by Crippen LogP contribution is 2.28. The van der Waals surface area contributed by atoms with Crippen LogP contribution in [0.3, 0.4) is 0 Å². The Morgan fingerprint density at radius 3 is 2.56 bits per heavy atom. The molecule has 3 rings (SSSR count). The average Bonchev–Trinajstić information content (AvgIpc) is 2.36. The largest absolute Gasteiger partial charge is 0.490 e. The van der Waals surface area contributed by atoms with E-state index in [0.29, 0.717) is 0 Å². The Hall–Kier alpha value is -2.09. The lowest BCUT2D eigenvalue weighted by molar-refractivity contribution is 0.245. The fourth-order valence-corrected chi connectivity index (χ4v) is 2.13. The molecule has 2 heteroatoms. The van der Waals surface area contributed by atoms with Crippen LogP contribution in [0.25, 0.3) is 21.8 Å². The minimum atomic E-state index is 0.169. The second-order valence-corrected chi connectivity index (χ2v) is 4.67. The number of benzene rings is 2. The molecule has 0 N–H and O–H groups in total. The van der Waals surface area contributed by atoms with Crippen molar-refractivity contribution >= 4 is 21.8 Å². The van der Waals surface area contributed by atoms with Gasteiger partial charge in [-0.1, -0.05) is 24.3 Å². The second kappa shape index (κ2) is 4.30. The van der Waals surface area contributed by atoms with Crippen molar-refractivity contribution in [3.05, 3.63) is 48.5 Å². The van der Waals surface area contributed by atoms with Crippen molar-refractivity contribution in [1.29, 1.82) is 0 Å². The molecule has 0 saturated heterocycles. The van der Waals surface area contributed by atoms with Crippen LogP contribution < -0.4 is 4.74 Å². The molecular weight excluding hydrogens is 222 g/mol. The summed E-state index contributed by atoms with van der Waals surface area (Å²) >= 11 is 0. The zero-order chi connectivity index (χ0) is 12.5. The molecule has 0 aliphatic rings. The van der Waals surface area contributed by atoms with Gasteiger partial charge in [-0.15, -0.1) is 0 Å². The van der Waals surface area contributed by atoms with E-state index in [2.05, 4.69) is 17.1 Å². The molecule has 18 heavy (non-hydrogen) atoms. The molecule has 3 aromatic rings. The maximum Gasteiger partial charge on any atom is 0.129 e. The minimum absolute atomic E-state index is 0.169. The normalized spacial score (nSPS) is 11.3. The number of nitrogens with zero attached hydrogens (tertiary/aromatic N) is 1. The van der Waals surface area contributed by atoms with E-state index in [1.54, 1.807) is 0 Å². The van der Waals surface area contributed by atoms with Crippen LogP contribution in [0, 0.1) is 0 Å². The quantitative estimate of drug-likeness (QED) is 0.624. The molecule has 2 aromatic carbocycles. The van der Waals surface area contributed by atoms with Gasteiger partial charge in [-0.2, -0.15) is 0 Å². The van der Waals surface area contributed by atoms with E-state index in [0.717, 1.165) is 27.6 Å². The molecule has 2 nitrogen and oxygen atoms in total. The highest BCUT2D eigenvalue weighted by Gasteiger charge is 2.06. The van der Waals surface area contributed by atoms with Gasteiger partial charge in [-0.3, -0.25) is 0 Å². The van der Waals surface area contributed by atoms with E-state index in [1.807, 2.05) is 50.2 Å². The number of hydrogen-bond acceptors (Lipinski definition) is 2. The number of hydrogen-bond donors (Lipinski definition) is 0. The summed E-state index contributed by atoms with van der Waals surface area (Å²) in [5.74, 6) is 0.903. The third-order valence-corrected chi connectivity index (χ3v) is 2.88. The van der Waals surface area contributed by atoms with Crippen LogP contribution >= 0.6 is 0 Å². The Morgan fingerprint density at radius 2 is 1.72 bits per heavy atom. The molecule has 1 aromatic heterocycles. The van der Waals surface area contributed by atoms with Crippen molar-refractivity contribution < 1.29 is 4.74 Å². The summed E-state index contributed by atoms with van der Waals surface area (Å²) < 4.78 is 5.84. The van der Waals surface area contributed by atoms with Crippen LogP contribution in [0.4, 0.5) is 0 Å². The Balaban J connectivity index is 2.29. The monoisotopic (exact) mass is 237 g/mol. The van der Waals surface area contributed by atoms with Crippen LogP contribution in [0.5, 0.6) is 5.75 Å². The van der Waals surface area contributed by atoms with E-state index in [9.17, 15) is 0 Å². The van der Waals surface area contributed by atoms with Crippen LogP contribution in [0.15, 0.2) is 48.5 Å². The first kappa shape index (κ1) is 11.0. The summed E-state index contributed by atoms with van der Waals surface area (Å²) in [6.45, 7) is 4.07. The zero-order valence-corrected chi connectivity index (χ0v) is 10.6. The van der Waals surface area contributed by atoms with Gasteiger partial charge >= 0.3 is 0 Å². The van der Waals surface area contributed by atoms with Crippen LogP contribution in [-0.2, 0) is 0 Å². The highest BCUT2D eigenvalue weighted by molar-refractivity contribution is 5.95. The Morgan fingerprint density at radius 1 is 0.944 bits per heavy atom. The van der Waals surface area contributed by atoms with Gasteiger partial charge in [0.1, 0.15) is 5.75 Å². The second-order valence-electron chi connectivity index (χ2n) is 4.67. The van der Waals surface area contributed by atoms with E-state index in [-0.39, 0.29) is 6.10 Å². The standard InChI is InChI=1S/C16H15NO/c1-11(2)18-16-9-5-8-15-13(16)10-12-6-3-4-7-14(12)17-15/h3-11H,1-2H3. The average molecular weight is 237 g/mol. The smallest absolute Gasteiger partial charge is 0.129 e. The van der Waals surface area contributed by atoms with Gasteiger partial charge in [0.05, 0.1) is 17.1 Å². The summed E-state index contributed by atoms with van der Waals surface area (Å²) in [4.78, 5) is 4.67. The Labute approximate surface area is 106 Å². The summed E-state index contributed by atoms with van der Waals surface area (Å²) in [5.41, 5.74) is 2.00. The maximum atomic E-state index is 5.84. The predicted molar refractivity (Wildman–Crippen MR) is 75.0 cm³/mol. The van der Waals surface area contributed by atoms with Crippen molar-refractivity contribution in [3.63, 3.8) is 0 Å². The lowest BCUT2D eigenvalue weighted by Gasteiger charge is -2.12. The lowest BCUT2D eigenvalue weighted by Crippen LogP contribution is -2.05. The van der Waals surface area contributed by atoms with Crippen LogP contribution in [-0.4, -0.2) is 11.1 Å². The molecule has 0 aliphatic carbocycles. The first-order valence-corrected chi connectivity index (χ1v) is 6.19. The van der Waals surface area contributed by atoms with Gasteiger partial charge in [0.2, 0.25) is 0 Å². The van der Waals surface area contributed by atoms with Gasteiger partial charge in [-0.05, 0) is 38.1 Å². The molecule has 1 heterocycles. The van der Waals surface area contributed by atoms with Crippen molar-refractivity contribution in [1.82, 2.24) is 4.98 Å². The van der Waals surface area contributed by atoms with E-state index < -0.39 is 0 Å². The molecule has 0 fully saturated rings. The number of fused-ring (bicyclic) bond motifs is 2. The zero-order valence-electron chi connectivity index (χ0n) is 10.6. The molecule has 90 valence electrons. The molecule has 0 aliphatic heterocycles. The third kappa shape index (κ3) is 1.90. The molecule has 0 bridgehead atoms. The van der Waals surface area contributed by atoms with E-state index in [1.165, 1.54) is 0 Å². The topological polar surface area (TPSA) is 22.1 Å². The van der Waals surface area contributed by atoms with E-state index in [4.69, 9.17) is 4.74 Å². The molecular formula is C16H15NO. The first-order chi connectivity index (χ1) is 8.74. The lowest BCUT2D eigenvalue weighted by atomic mass is 10.1. The van der Waals surface area contributed by atoms with Gasteiger partial charge in [0.25, 0.3) is 0 Å². The number of rotatable bonds is 2. The molecule has 0 amide bonds. The Kier molecular flexibility index (Phi) is 2.63. The molecule has 0 unspecified atom stereocenters. The fourth-order valence-electron chi connectivity index (χ4n) is 2.13. The predicted octanol–water partition coefficient (Wildman–Crippen LogP) is 4.18.